The number of benzene rings is 1. The second kappa shape index (κ2) is 5.06. The SMILES string of the molecule is Cc1ccc(Cl)cc1-n1c(C)nc2c(c1=O)CCCC2. The molecule has 0 saturated heterocycles. The molecule has 0 unspecified atom stereocenters. The highest BCUT2D eigenvalue weighted by Crippen LogP contribution is 2.22. The summed E-state index contributed by atoms with van der Waals surface area (Å²) in [6.07, 6.45) is 3.95. The molecule has 0 bridgehead atoms. The van der Waals surface area contributed by atoms with Gasteiger partial charge in [-0.05, 0) is 57.2 Å². The lowest BCUT2D eigenvalue weighted by atomic mass is 9.97. The maximum atomic E-state index is 12.8. The molecule has 104 valence electrons. The van der Waals surface area contributed by atoms with Gasteiger partial charge in [0.25, 0.3) is 5.56 Å². The molecule has 0 aliphatic heterocycles. The van der Waals surface area contributed by atoms with E-state index in [1.54, 1.807) is 4.57 Å². The van der Waals surface area contributed by atoms with Gasteiger partial charge in [0, 0.05) is 10.6 Å². The van der Waals surface area contributed by atoms with Gasteiger partial charge in [-0.1, -0.05) is 17.7 Å². The van der Waals surface area contributed by atoms with E-state index in [0.29, 0.717) is 5.02 Å². The molecule has 3 nitrogen and oxygen atoms in total. The van der Waals surface area contributed by atoms with Crippen molar-refractivity contribution < 1.29 is 0 Å². The monoisotopic (exact) mass is 288 g/mol. The summed E-state index contributed by atoms with van der Waals surface area (Å²) >= 11 is 6.08. The van der Waals surface area contributed by atoms with Crippen LogP contribution in [0.15, 0.2) is 23.0 Å². The van der Waals surface area contributed by atoms with Gasteiger partial charge in [0.2, 0.25) is 0 Å². The molecular formula is C16H17ClN2O. The number of hydrogen-bond acceptors (Lipinski definition) is 2. The standard InChI is InChI=1S/C16H17ClN2O/c1-10-7-8-12(17)9-15(10)19-11(2)18-14-6-4-3-5-13(14)16(19)20/h7-9H,3-6H2,1-2H3. The summed E-state index contributed by atoms with van der Waals surface area (Å²) in [5.74, 6) is 0.737. The molecule has 1 aromatic heterocycles. The van der Waals surface area contributed by atoms with Gasteiger partial charge in [-0.15, -0.1) is 0 Å². The predicted octanol–water partition coefficient (Wildman–Crippen LogP) is 3.38. The first-order valence-electron chi connectivity index (χ1n) is 6.96. The number of hydrogen-bond donors (Lipinski definition) is 0. The van der Waals surface area contributed by atoms with Crippen molar-refractivity contribution in [2.75, 3.05) is 0 Å². The van der Waals surface area contributed by atoms with Crippen LogP contribution in [0.3, 0.4) is 0 Å². The molecule has 1 aliphatic carbocycles. The Balaban J connectivity index is 2.29. The first kappa shape index (κ1) is 13.4. The van der Waals surface area contributed by atoms with E-state index in [-0.39, 0.29) is 5.56 Å². The van der Waals surface area contributed by atoms with Crippen LogP contribution in [0.4, 0.5) is 0 Å². The minimum Gasteiger partial charge on any atom is -0.269 e. The molecule has 20 heavy (non-hydrogen) atoms. The largest absolute Gasteiger partial charge is 0.269 e. The van der Waals surface area contributed by atoms with Crippen LogP contribution in [-0.2, 0) is 12.8 Å². The lowest BCUT2D eigenvalue weighted by molar-refractivity contribution is 0.639. The second-order valence-corrected chi connectivity index (χ2v) is 5.80. The van der Waals surface area contributed by atoms with E-state index in [1.807, 2.05) is 32.0 Å². The van der Waals surface area contributed by atoms with Crippen LogP contribution in [-0.4, -0.2) is 9.55 Å². The van der Waals surface area contributed by atoms with E-state index in [2.05, 4.69) is 4.98 Å². The smallest absolute Gasteiger partial charge is 0.261 e. The van der Waals surface area contributed by atoms with Crippen molar-refractivity contribution in [2.45, 2.75) is 39.5 Å². The summed E-state index contributed by atoms with van der Waals surface area (Å²) in [7, 11) is 0. The molecule has 0 atom stereocenters. The number of aryl methyl sites for hydroxylation is 3. The van der Waals surface area contributed by atoms with Crippen molar-refractivity contribution in [3.05, 3.63) is 56.2 Å². The predicted molar refractivity (Wildman–Crippen MR) is 81.0 cm³/mol. The molecule has 2 aromatic rings. The third-order valence-corrected chi connectivity index (χ3v) is 4.17. The van der Waals surface area contributed by atoms with Crippen LogP contribution >= 0.6 is 11.6 Å². The highest BCUT2D eigenvalue weighted by Gasteiger charge is 2.19. The third kappa shape index (κ3) is 2.16. The van der Waals surface area contributed by atoms with E-state index in [9.17, 15) is 4.79 Å². The van der Waals surface area contributed by atoms with Crippen molar-refractivity contribution in [3.8, 4) is 5.69 Å². The third-order valence-electron chi connectivity index (χ3n) is 3.93. The van der Waals surface area contributed by atoms with Crippen LogP contribution in [0, 0.1) is 13.8 Å². The molecule has 0 saturated carbocycles. The zero-order chi connectivity index (χ0) is 14.3. The van der Waals surface area contributed by atoms with Gasteiger partial charge in [0.05, 0.1) is 11.4 Å². The highest BCUT2D eigenvalue weighted by molar-refractivity contribution is 6.30. The molecule has 4 heteroatoms. The summed E-state index contributed by atoms with van der Waals surface area (Å²) in [6, 6.07) is 5.61. The summed E-state index contributed by atoms with van der Waals surface area (Å²) in [6.45, 7) is 3.87. The summed E-state index contributed by atoms with van der Waals surface area (Å²) in [5, 5.41) is 0.634. The average molecular weight is 289 g/mol. The normalized spacial score (nSPS) is 14.2. The molecular weight excluding hydrogens is 272 g/mol. The van der Waals surface area contributed by atoms with Crippen LogP contribution in [0.5, 0.6) is 0 Å². The number of fused-ring (bicyclic) bond motifs is 1. The van der Waals surface area contributed by atoms with Gasteiger partial charge in [-0.25, -0.2) is 4.98 Å². The Kier molecular flexibility index (Phi) is 3.38. The average Bonchev–Trinajstić information content (AvgIpc) is 2.42. The summed E-state index contributed by atoms with van der Waals surface area (Å²) in [5.41, 5.74) is 3.78. The number of aromatic nitrogens is 2. The first-order chi connectivity index (χ1) is 9.58. The molecule has 1 aliphatic rings. The van der Waals surface area contributed by atoms with E-state index in [0.717, 1.165) is 54.0 Å². The van der Waals surface area contributed by atoms with Crippen molar-refractivity contribution >= 4 is 11.6 Å². The van der Waals surface area contributed by atoms with Crippen molar-refractivity contribution in [2.24, 2.45) is 0 Å². The maximum absolute atomic E-state index is 12.8. The fraction of sp³-hybridized carbons (Fsp3) is 0.375. The van der Waals surface area contributed by atoms with E-state index in [1.165, 1.54) is 0 Å². The number of rotatable bonds is 1. The molecule has 0 amide bonds. The molecule has 1 aromatic carbocycles. The van der Waals surface area contributed by atoms with Gasteiger partial charge in [-0.2, -0.15) is 0 Å². The zero-order valence-electron chi connectivity index (χ0n) is 11.7. The van der Waals surface area contributed by atoms with Gasteiger partial charge >= 0.3 is 0 Å². The lowest BCUT2D eigenvalue weighted by Gasteiger charge is -2.19. The van der Waals surface area contributed by atoms with Crippen LogP contribution in [0.2, 0.25) is 5.02 Å². The molecule has 0 spiro atoms. The Morgan fingerprint density at radius 2 is 1.95 bits per heavy atom. The molecule has 0 radical (unpaired) electrons. The molecule has 1 heterocycles. The van der Waals surface area contributed by atoms with Gasteiger partial charge < -0.3 is 0 Å². The maximum Gasteiger partial charge on any atom is 0.261 e. The second-order valence-electron chi connectivity index (χ2n) is 5.36. The topological polar surface area (TPSA) is 34.9 Å². The quantitative estimate of drug-likeness (QED) is 0.806. The number of nitrogens with zero attached hydrogens (tertiary/aromatic N) is 2. The van der Waals surface area contributed by atoms with Crippen LogP contribution in [0.1, 0.15) is 35.5 Å². The van der Waals surface area contributed by atoms with Crippen molar-refractivity contribution in [1.82, 2.24) is 9.55 Å². The molecule has 0 fully saturated rings. The zero-order valence-corrected chi connectivity index (χ0v) is 12.5. The minimum atomic E-state index is 0.0672. The van der Waals surface area contributed by atoms with Gasteiger partial charge in [0.15, 0.2) is 0 Å². The Hall–Kier alpha value is -1.61. The minimum absolute atomic E-state index is 0.0672. The van der Waals surface area contributed by atoms with Gasteiger partial charge in [0.1, 0.15) is 5.82 Å². The lowest BCUT2D eigenvalue weighted by Crippen LogP contribution is -2.29. The van der Waals surface area contributed by atoms with Crippen molar-refractivity contribution in [3.63, 3.8) is 0 Å². The summed E-state index contributed by atoms with van der Waals surface area (Å²) < 4.78 is 1.70. The summed E-state index contributed by atoms with van der Waals surface area (Å²) in [4.78, 5) is 17.4. The Morgan fingerprint density at radius 1 is 1.20 bits per heavy atom. The number of halogens is 1. The Labute approximate surface area is 123 Å². The van der Waals surface area contributed by atoms with Crippen molar-refractivity contribution in [1.29, 1.82) is 0 Å². The molecule has 0 N–H and O–H groups in total. The van der Waals surface area contributed by atoms with Crippen LogP contribution in [0.25, 0.3) is 5.69 Å². The highest BCUT2D eigenvalue weighted by atomic mass is 35.5. The van der Waals surface area contributed by atoms with Gasteiger partial charge in [-0.3, -0.25) is 9.36 Å². The van der Waals surface area contributed by atoms with Crippen LogP contribution < -0.4 is 5.56 Å². The first-order valence-corrected chi connectivity index (χ1v) is 7.33. The molecule has 3 rings (SSSR count). The Bertz CT molecular complexity index is 734. The van der Waals surface area contributed by atoms with E-state index >= 15 is 0 Å². The van der Waals surface area contributed by atoms with E-state index < -0.39 is 0 Å². The van der Waals surface area contributed by atoms with E-state index in [4.69, 9.17) is 11.6 Å². The fourth-order valence-electron chi connectivity index (χ4n) is 2.88. The fourth-order valence-corrected chi connectivity index (χ4v) is 3.04. The Morgan fingerprint density at radius 3 is 2.75 bits per heavy atom.